The predicted octanol–water partition coefficient (Wildman–Crippen LogP) is 2.37. The molecular weight excluding hydrogens is 355 g/mol. The molecule has 0 bridgehead atoms. The van der Waals surface area contributed by atoms with Gasteiger partial charge >= 0.3 is 6.03 Å². The molecule has 1 aromatic rings. The van der Waals surface area contributed by atoms with Crippen LogP contribution >= 0.6 is 35.3 Å². The number of anilines is 1. The first kappa shape index (κ1) is 19.1. The Hall–Kier alpha value is -0.231. The number of rotatable bonds is 3. The van der Waals surface area contributed by atoms with Crippen molar-refractivity contribution in [1.29, 1.82) is 0 Å². The first-order chi connectivity index (χ1) is 7.74. The van der Waals surface area contributed by atoms with Gasteiger partial charge in [-0.3, -0.25) is 4.98 Å². The van der Waals surface area contributed by atoms with Crippen LogP contribution in [-0.2, 0) is 3.84 Å². The monoisotopic (exact) mass is 365 g/mol. The van der Waals surface area contributed by atoms with E-state index < -0.39 is 0 Å². The Morgan fingerprint density at radius 1 is 1.47 bits per heavy atom. The largest absolute Gasteiger partial charge is 0.337 e. The molecule has 0 aliphatic rings. The van der Waals surface area contributed by atoms with E-state index in [1.807, 2.05) is 0 Å². The van der Waals surface area contributed by atoms with Gasteiger partial charge < -0.3 is 10.6 Å². The van der Waals surface area contributed by atoms with Gasteiger partial charge in [0.15, 0.2) is 0 Å². The fraction of sp³-hybridized carbons (Fsp3) is 0.250. The van der Waals surface area contributed by atoms with Gasteiger partial charge in [0.05, 0.1) is 35.6 Å². The number of pyridine rings is 1. The van der Waals surface area contributed by atoms with Crippen molar-refractivity contribution in [3.63, 3.8) is 0 Å². The van der Waals surface area contributed by atoms with Crippen LogP contribution in [0, 0.1) is 0 Å². The van der Waals surface area contributed by atoms with E-state index >= 15 is 0 Å². The van der Waals surface area contributed by atoms with E-state index in [1.165, 1.54) is 0 Å². The van der Waals surface area contributed by atoms with E-state index in [2.05, 4.69) is 43.2 Å². The van der Waals surface area contributed by atoms with E-state index in [0.717, 1.165) is 0 Å². The molecule has 5 nitrogen and oxygen atoms in total. The zero-order valence-corrected chi connectivity index (χ0v) is 12.5. The summed E-state index contributed by atoms with van der Waals surface area (Å²) in [5.41, 5.74) is 0.662. The second kappa shape index (κ2) is 13.8. The first-order valence-corrected chi connectivity index (χ1v) is 5.30. The normalized spacial score (nSPS) is 8.18. The van der Waals surface area contributed by atoms with E-state index in [1.54, 1.807) is 24.5 Å². The van der Waals surface area contributed by atoms with Crippen molar-refractivity contribution in [1.82, 2.24) is 10.3 Å². The van der Waals surface area contributed by atoms with Gasteiger partial charge in [-0.05, 0) is 12.1 Å². The van der Waals surface area contributed by atoms with Gasteiger partial charge in [0.1, 0.15) is 0 Å². The number of urea groups is 1. The minimum Gasteiger partial charge on any atom is -0.337 e. The van der Waals surface area contributed by atoms with Gasteiger partial charge in [-0.2, -0.15) is 3.84 Å². The molecule has 2 N–H and O–H groups in total. The number of amides is 2. The summed E-state index contributed by atoms with van der Waals surface area (Å²) in [5, 5.41) is 5.18. The Kier molecular flexibility index (Phi) is 15.6. The molecule has 1 rings (SSSR count). The van der Waals surface area contributed by atoms with Crippen LogP contribution in [0.1, 0.15) is 0 Å². The maximum atomic E-state index is 11.1. The number of alkyl halides is 1. The van der Waals surface area contributed by atoms with Crippen LogP contribution in [0.5, 0.6) is 0 Å². The maximum Gasteiger partial charge on any atom is 0.319 e. The number of halogens is 3. The number of carbonyl (C=O) groups is 1. The smallest absolute Gasteiger partial charge is 0.319 e. The Balaban J connectivity index is 0. The van der Waals surface area contributed by atoms with Crippen molar-refractivity contribution in [2.45, 2.75) is 0 Å². The molecule has 17 heavy (non-hydrogen) atoms. The second-order valence-corrected chi connectivity index (χ2v) is 3.21. The number of carbonyl (C=O) groups excluding carboxylic acids is 1. The summed E-state index contributed by atoms with van der Waals surface area (Å²) in [4.78, 5) is 14.9. The van der Waals surface area contributed by atoms with Crippen molar-refractivity contribution >= 4 is 64.1 Å². The van der Waals surface area contributed by atoms with Gasteiger partial charge in [-0.25, -0.2) is 4.79 Å². The van der Waals surface area contributed by atoms with Crippen LogP contribution < -0.4 is 10.6 Å². The molecule has 0 fully saturated rings. The van der Waals surface area contributed by atoms with Gasteiger partial charge in [-0.1, -0.05) is 0 Å². The molecule has 0 saturated heterocycles. The second-order valence-electron chi connectivity index (χ2n) is 2.37. The topological polar surface area (TPSA) is 63.2 Å². The van der Waals surface area contributed by atoms with Crippen molar-refractivity contribution < 1.29 is 8.64 Å². The number of hydrogen-bond donors (Lipinski definition) is 2. The minimum absolute atomic E-state index is 0. The summed E-state index contributed by atoms with van der Waals surface area (Å²) in [5.74, 6) is 0.403. The molecule has 0 atom stereocenters. The molecular formula is C8H10Cl3N3O2Se. The Morgan fingerprint density at radius 2 is 2.12 bits per heavy atom. The molecule has 1 aromatic heterocycles. The molecule has 1 heterocycles. The Labute approximate surface area is 125 Å². The van der Waals surface area contributed by atoms with Crippen molar-refractivity contribution in [2.24, 2.45) is 0 Å². The predicted molar refractivity (Wildman–Crippen MR) is 70.5 cm³/mol. The number of hydrogen-bond acceptors (Lipinski definition) is 3. The van der Waals surface area contributed by atoms with Crippen LogP contribution in [0.2, 0.25) is 0 Å². The molecule has 96 valence electrons. The van der Waals surface area contributed by atoms with Crippen molar-refractivity contribution in [3.8, 4) is 0 Å². The number of nitrogens with zero attached hydrogens (tertiary/aromatic N) is 1. The first-order valence-electron chi connectivity index (χ1n) is 4.14. The van der Waals surface area contributed by atoms with E-state index in [0.29, 0.717) is 18.1 Å². The molecule has 0 spiro atoms. The molecule has 2 amide bonds. The van der Waals surface area contributed by atoms with E-state index in [4.69, 9.17) is 11.6 Å². The molecule has 0 aliphatic heterocycles. The van der Waals surface area contributed by atoms with Crippen molar-refractivity contribution in [2.75, 3.05) is 17.7 Å². The van der Waals surface area contributed by atoms with Crippen LogP contribution in [0.4, 0.5) is 10.5 Å². The maximum absolute atomic E-state index is 11.1. The van der Waals surface area contributed by atoms with Gasteiger partial charge in [0, 0.05) is 35.7 Å². The summed E-state index contributed by atoms with van der Waals surface area (Å²) < 4.78 is 3.19. The average molecular weight is 366 g/mol. The summed E-state index contributed by atoms with van der Waals surface area (Å²) in [7, 11) is 0. The Bertz CT molecular complexity index is 293. The zero-order valence-electron chi connectivity index (χ0n) is 8.53. The van der Waals surface area contributed by atoms with Crippen molar-refractivity contribution in [3.05, 3.63) is 24.5 Å². The third-order valence-electron chi connectivity index (χ3n) is 1.30. The zero-order chi connectivity index (χ0) is 12.2. The fourth-order valence-corrected chi connectivity index (χ4v) is 0.867. The molecule has 2 radical (unpaired) electrons. The van der Waals surface area contributed by atoms with E-state index in [-0.39, 0.29) is 23.1 Å². The summed E-state index contributed by atoms with van der Waals surface area (Å²) in [6.07, 6.45) is 3.21. The number of aromatic nitrogens is 1. The summed E-state index contributed by atoms with van der Waals surface area (Å²) in [6.45, 7) is 0.452. The van der Waals surface area contributed by atoms with Gasteiger partial charge in [0.25, 0.3) is 0 Å². The number of nitrogens with one attached hydrogen (secondary N) is 2. The third kappa shape index (κ3) is 12.0. The van der Waals surface area contributed by atoms with Gasteiger partial charge in [0.2, 0.25) is 0 Å². The fourth-order valence-electron chi connectivity index (χ4n) is 0.773. The van der Waals surface area contributed by atoms with E-state index in [9.17, 15) is 4.79 Å². The molecule has 9 heteroatoms. The Morgan fingerprint density at radius 3 is 2.59 bits per heavy atom. The SMILES string of the molecule is ClOCl.O=C(NCCCl)Nc1cccnc1.[Se]. The molecule has 0 aliphatic carbocycles. The summed E-state index contributed by atoms with van der Waals surface area (Å²) >= 11 is 13.9. The molecule has 0 aromatic carbocycles. The van der Waals surface area contributed by atoms with Crippen LogP contribution in [0.25, 0.3) is 0 Å². The molecule has 0 saturated carbocycles. The van der Waals surface area contributed by atoms with Gasteiger partial charge in [-0.15, -0.1) is 11.6 Å². The molecule has 0 unspecified atom stereocenters. The minimum atomic E-state index is -0.270. The van der Waals surface area contributed by atoms with Crippen LogP contribution in [0.15, 0.2) is 24.5 Å². The van der Waals surface area contributed by atoms with Crippen LogP contribution in [0.3, 0.4) is 0 Å². The van der Waals surface area contributed by atoms with Crippen LogP contribution in [-0.4, -0.2) is 40.5 Å². The average Bonchev–Trinajstić information content (AvgIpc) is 2.29. The quantitative estimate of drug-likeness (QED) is 0.639. The summed E-state index contributed by atoms with van der Waals surface area (Å²) in [6, 6.07) is 3.23. The standard InChI is InChI=1S/C8H10ClN3O.Cl2O.Se/c9-3-5-11-8(13)12-7-2-1-4-10-6-7;1-3-2;/h1-2,4,6H,3,5H2,(H2,11,12,13);;. The third-order valence-corrected chi connectivity index (χ3v) is 1.49.